The molecular weight excluding hydrogens is 376 g/mol. The number of likely N-dealkylation sites (tertiary alicyclic amines) is 1. The molecule has 0 spiro atoms. The fourth-order valence-corrected chi connectivity index (χ4v) is 3.94. The molecule has 0 aliphatic carbocycles. The van der Waals surface area contributed by atoms with Crippen molar-refractivity contribution >= 4 is 29.1 Å². The molecule has 2 aromatic rings. The van der Waals surface area contributed by atoms with Crippen LogP contribution in [0.1, 0.15) is 41.2 Å². The second kappa shape index (κ2) is 8.33. The topological polar surface area (TPSA) is 45.2 Å². The molecule has 0 radical (unpaired) electrons. The zero-order valence-corrected chi connectivity index (χ0v) is 15.9. The molecule has 7 heteroatoms. The molecule has 1 aliphatic heterocycles. The Kier molecular flexibility index (Phi) is 6.12. The van der Waals surface area contributed by atoms with Crippen molar-refractivity contribution in [3.63, 3.8) is 0 Å². The fraction of sp³-hybridized carbons (Fsp3) is 0.368. The van der Waals surface area contributed by atoms with Crippen LogP contribution >= 0.6 is 23.2 Å². The highest BCUT2D eigenvalue weighted by Gasteiger charge is 2.31. The van der Waals surface area contributed by atoms with Crippen molar-refractivity contribution in [3.8, 4) is 0 Å². The van der Waals surface area contributed by atoms with Gasteiger partial charge in [0.2, 0.25) is 0 Å². The average Bonchev–Trinajstić information content (AvgIpc) is 2.64. The van der Waals surface area contributed by atoms with Gasteiger partial charge in [0.05, 0.1) is 22.8 Å². The van der Waals surface area contributed by atoms with Gasteiger partial charge in [0.1, 0.15) is 5.15 Å². The summed E-state index contributed by atoms with van der Waals surface area (Å²) in [6, 6.07) is 9.61. The van der Waals surface area contributed by atoms with Gasteiger partial charge in [-0.05, 0) is 32.0 Å². The van der Waals surface area contributed by atoms with Crippen molar-refractivity contribution in [1.29, 1.82) is 0 Å². The Hall–Kier alpha value is -1.69. The SMILES string of the molecule is CN1CCCCC1C(NC(=O)c1c(Cl)ncc(F)c1Cl)c1ccccc1. The Morgan fingerprint density at radius 3 is 2.73 bits per heavy atom. The number of nitrogens with zero attached hydrogens (tertiary/aromatic N) is 2. The molecule has 138 valence electrons. The second-order valence-electron chi connectivity index (χ2n) is 6.49. The van der Waals surface area contributed by atoms with Gasteiger partial charge >= 0.3 is 0 Å². The van der Waals surface area contributed by atoms with Gasteiger partial charge in [-0.3, -0.25) is 4.79 Å². The third-order valence-electron chi connectivity index (χ3n) is 4.81. The summed E-state index contributed by atoms with van der Waals surface area (Å²) in [7, 11) is 2.05. The number of carbonyl (C=O) groups is 1. The van der Waals surface area contributed by atoms with E-state index >= 15 is 0 Å². The summed E-state index contributed by atoms with van der Waals surface area (Å²) < 4.78 is 13.8. The van der Waals surface area contributed by atoms with Crippen LogP contribution in [0.15, 0.2) is 36.5 Å². The number of aromatic nitrogens is 1. The molecule has 2 unspecified atom stereocenters. The molecule has 1 N–H and O–H groups in total. The number of nitrogens with one attached hydrogen (secondary N) is 1. The summed E-state index contributed by atoms with van der Waals surface area (Å²) in [6.07, 6.45) is 4.09. The van der Waals surface area contributed by atoms with E-state index in [9.17, 15) is 9.18 Å². The van der Waals surface area contributed by atoms with E-state index < -0.39 is 11.7 Å². The van der Waals surface area contributed by atoms with Crippen LogP contribution in [0.25, 0.3) is 0 Å². The third kappa shape index (κ3) is 4.00. The first-order valence-corrected chi connectivity index (χ1v) is 9.30. The first-order chi connectivity index (χ1) is 12.5. The molecule has 1 aliphatic rings. The van der Waals surface area contributed by atoms with Crippen LogP contribution in [0.5, 0.6) is 0 Å². The van der Waals surface area contributed by atoms with Crippen molar-refractivity contribution in [2.24, 2.45) is 0 Å². The van der Waals surface area contributed by atoms with Gasteiger partial charge in [0.15, 0.2) is 5.82 Å². The van der Waals surface area contributed by atoms with Gasteiger partial charge in [-0.2, -0.15) is 0 Å². The molecular formula is C19H20Cl2FN3O. The summed E-state index contributed by atoms with van der Waals surface area (Å²) in [5.41, 5.74) is 0.851. The van der Waals surface area contributed by atoms with E-state index in [2.05, 4.69) is 22.2 Å². The van der Waals surface area contributed by atoms with E-state index in [1.807, 2.05) is 30.3 Å². The number of rotatable bonds is 4. The summed E-state index contributed by atoms with van der Waals surface area (Å²) in [6.45, 7) is 0.965. The Labute approximate surface area is 162 Å². The van der Waals surface area contributed by atoms with Gasteiger partial charge in [0.25, 0.3) is 5.91 Å². The van der Waals surface area contributed by atoms with Crippen LogP contribution in [0, 0.1) is 5.82 Å². The molecule has 2 heterocycles. The second-order valence-corrected chi connectivity index (χ2v) is 7.23. The highest BCUT2D eigenvalue weighted by molar-refractivity contribution is 6.39. The number of pyridine rings is 1. The van der Waals surface area contributed by atoms with Crippen molar-refractivity contribution < 1.29 is 9.18 Å². The smallest absolute Gasteiger partial charge is 0.256 e. The lowest BCUT2D eigenvalue weighted by molar-refractivity contribution is 0.0870. The predicted octanol–water partition coefficient (Wildman–Crippen LogP) is 4.48. The lowest BCUT2D eigenvalue weighted by Gasteiger charge is -2.38. The van der Waals surface area contributed by atoms with Crippen LogP contribution in [-0.2, 0) is 0 Å². The largest absolute Gasteiger partial charge is 0.343 e. The lowest BCUT2D eigenvalue weighted by Crippen LogP contribution is -2.47. The quantitative estimate of drug-likeness (QED) is 0.775. The minimum Gasteiger partial charge on any atom is -0.343 e. The van der Waals surface area contributed by atoms with Gasteiger partial charge in [-0.1, -0.05) is 60.0 Å². The molecule has 1 aromatic heterocycles. The zero-order chi connectivity index (χ0) is 18.7. The highest BCUT2D eigenvalue weighted by Crippen LogP contribution is 2.30. The first kappa shape index (κ1) is 19.1. The van der Waals surface area contributed by atoms with Crippen LogP contribution in [0.2, 0.25) is 10.2 Å². The lowest BCUT2D eigenvalue weighted by atomic mass is 9.91. The zero-order valence-electron chi connectivity index (χ0n) is 14.4. The number of halogens is 3. The average molecular weight is 396 g/mol. The van der Waals surface area contributed by atoms with Crippen molar-refractivity contribution in [2.45, 2.75) is 31.3 Å². The van der Waals surface area contributed by atoms with Gasteiger partial charge < -0.3 is 10.2 Å². The molecule has 0 saturated carbocycles. The standard InChI is InChI=1S/C19H20Cl2FN3O/c1-25-10-6-5-9-14(25)17(12-7-3-2-4-8-12)24-19(26)15-16(20)13(22)11-23-18(15)21/h2-4,7-8,11,14,17H,5-6,9-10H2,1H3,(H,24,26). The van der Waals surface area contributed by atoms with E-state index in [0.29, 0.717) is 0 Å². The molecule has 3 rings (SSSR count). The third-order valence-corrected chi connectivity index (χ3v) is 5.47. The van der Waals surface area contributed by atoms with Crippen molar-refractivity contribution in [2.75, 3.05) is 13.6 Å². The Morgan fingerprint density at radius 1 is 1.31 bits per heavy atom. The van der Waals surface area contributed by atoms with E-state index in [1.165, 1.54) is 0 Å². The van der Waals surface area contributed by atoms with Gasteiger partial charge in [-0.15, -0.1) is 0 Å². The number of carbonyl (C=O) groups excluding carboxylic acids is 1. The normalized spacial score (nSPS) is 19.2. The monoisotopic (exact) mass is 395 g/mol. The highest BCUT2D eigenvalue weighted by atomic mass is 35.5. The predicted molar refractivity (Wildman–Crippen MR) is 101 cm³/mol. The van der Waals surface area contributed by atoms with Crippen molar-refractivity contribution in [3.05, 3.63) is 63.6 Å². The summed E-state index contributed by atoms with van der Waals surface area (Å²) in [5, 5.41) is 2.58. The maximum Gasteiger partial charge on any atom is 0.256 e. The van der Waals surface area contributed by atoms with Crippen LogP contribution < -0.4 is 5.32 Å². The van der Waals surface area contributed by atoms with E-state index in [0.717, 1.165) is 37.6 Å². The summed E-state index contributed by atoms with van der Waals surface area (Å²) in [5.74, 6) is -1.30. The van der Waals surface area contributed by atoms with Crippen LogP contribution in [-0.4, -0.2) is 35.4 Å². The van der Waals surface area contributed by atoms with Gasteiger partial charge in [-0.25, -0.2) is 9.37 Å². The Morgan fingerprint density at radius 2 is 2.04 bits per heavy atom. The number of piperidine rings is 1. The molecule has 4 nitrogen and oxygen atoms in total. The number of amides is 1. The minimum absolute atomic E-state index is 0.113. The molecule has 1 saturated heterocycles. The molecule has 26 heavy (non-hydrogen) atoms. The molecule has 1 aromatic carbocycles. The van der Waals surface area contributed by atoms with Crippen molar-refractivity contribution in [1.82, 2.24) is 15.2 Å². The van der Waals surface area contributed by atoms with Crippen LogP contribution in [0.3, 0.4) is 0 Å². The van der Waals surface area contributed by atoms with Crippen LogP contribution in [0.4, 0.5) is 4.39 Å². The molecule has 0 bridgehead atoms. The summed E-state index contributed by atoms with van der Waals surface area (Å²) in [4.78, 5) is 18.8. The van der Waals surface area contributed by atoms with E-state index in [4.69, 9.17) is 23.2 Å². The minimum atomic E-state index is -0.771. The molecule has 1 amide bonds. The van der Waals surface area contributed by atoms with E-state index in [-0.39, 0.29) is 27.8 Å². The first-order valence-electron chi connectivity index (χ1n) is 8.54. The Balaban J connectivity index is 1.93. The maximum atomic E-state index is 13.8. The summed E-state index contributed by atoms with van der Waals surface area (Å²) >= 11 is 12.0. The fourth-order valence-electron chi connectivity index (χ4n) is 3.44. The molecule has 2 atom stereocenters. The number of hydrogen-bond acceptors (Lipinski definition) is 3. The molecule has 1 fully saturated rings. The number of benzene rings is 1. The number of hydrogen-bond donors (Lipinski definition) is 1. The number of likely N-dealkylation sites (N-methyl/N-ethyl adjacent to an activating group) is 1. The maximum absolute atomic E-state index is 13.8. The Bertz CT molecular complexity index is 788. The van der Waals surface area contributed by atoms with E-state index in [1.54, 1.807) is 0 Å². The van der Waals surface area contributed by atoms with Gasteiger partial charge in [0, 0.05) is 6.04 Å².